The first-order valence-corrected chi connectivity index (χ1v) is 12.2. The fraction of sp³-hybridized carbons (Fsp3) is 0.667. The van der Waals surface area contributed by atoms with Gasteiger partial charge in [-0.05, 0) is 44.1 Å². The van der Waals surface area contributed by atoms with Gasteiger partial charge in [0.05, 0.1) is 11.9 Å². The molecule has 5 rings (SSSR count). The molecule has 0 spiro atoms. The number of anilines is 1. The van der Waals surface area contributed by atoms with Crippen LogP contribution in [0.3, 0.4) is 0 Å². The van der Waals surface area contributed by atoms with E-state index in [0.29, 0.717) is 12.3 Å². The van der Waals surface area contributed by atoms with Crippen molar-refractivity contribution in [2.45, 2.75) is 70.1 Å². The van der Waals surface area contributed by atoms with Gasteiger partial charge in [-0.15, -0.1) is 0 Å². The Kier molecular flexibility index (Phi) is 6.18. The van der Waals surface area contributed by atoms with E-state index in [4.69, 9.17) is 4.98 Å². The van der Waals surface area contributed by atoms with Crippen LogP contribution in [0.5, 0.6) is 0 Å². The second-order valence-electron chi connectivity index (χ2n) is 9.50. The number of nitrogens with zero attached hydrogens (tertiary/aromatic N) is 5. The molecule has 2 aromatic heterocycles. The van der Waals surface area contributed by atoms with Crippen LogP contribution in [0.1, 0.15) is 75.8 Å². The molecule has 3 fully saturated rings. The van der Waals surface area contributed by atoms with Crippen LogP contribution < -0.4 is 4.90 Å². The van der Waals surface area contributed by atoms with Gasteiger partial charge in [0, 0.05) is 56.0 Å². The van der Waals surface area contributed by atoms with Crippen LogP contribution >= 0.6 is 0 Å². The van der Waals surface area contributed by atoms with Gasteiger partial charge in [-0.25, -0.2) is 9.97 Å². The summed E-state index contributed by atoms with van der Waals surface area (Å²) in [5.41, 5.74) is 3.08. The lowest BCUT2D eigenvalue weighted by Crippen LogP contribution is -2.39. The van der Waals surface area contributed by atoms with Crippen molar-refractivity contribution < 1.29 is 4.79 Å². The number of carbonyl (C=O) groups excluding carboxylic acids is 1. The van der Waals surface area contributed by atoms with Gasteiger partial charge in [-0.1, -0.05) is 25.7 Å². The molecule has 1 saturated carbocycles. The number of nitrogens with one attached hydrogen (secondary N) is 1. The molecule has 2 aliphatic heterocycles. The van der Waals surface area contributed by atoms with Gasteiger partial charge in [0.2, 0.25) is 11.9 Å². The van der Waals surface area contributed by atoms with Crippen LogP contribution in [0, 0.1) is 5.92 Å². The van der Waals surface area contributed by atoms with Crippen molar-refractivity contribution in [3.63, 3.8) is 0 Å². The van der Waals surface area contributed by atoms with Crippen molar-refractivity contribution in [1.29, 1.82) is 0 Å². The molecule has 1 aliphatic carbocycles. The Hall–Kier alpha value is -2.44. The van der Waals surface area contributed by atoms with E-state index in [-0.39, 0.29) is 5.92 Å². The minimum absolute atomic E-state index is 0.284. The number of aromatic amines is 1. The molecule has 4 heterocycles. The molecule has 7 heteroatoms. The zero-order chi connectivity index (χ0) is 21.0. The van der Waals surface area contributed by atoms with E-state index >= 15 is 0 Å². The van der Waals surface area contributed by atoms with Crippen LogP contribution in [0.15, 0.2) is 18.5 Å². The Morgan fingerprint density at radius 1 is 1.06 bits per heavy atom. The predicted molar refractivity (Wildman–Crippen MR) is 121 cm³/mol. The average Bonchev–Trinajstić information content (AvgIpc) is 3.60. The highest BCUT2D eigenvalue weighted by Gasteiger charge is 2.29. The van der Waals surface area contributed by atoms with Gasteiger partial charge in [-0.3, -0.25) is 9.89 Å². The molecule has 1 atom stereocenters. The van der Waals surface area contributed by atoms with E-state index in [1.54, 1.807) is 0 Å². The summed E-state index contributed by atoms with van der Waals surface area (Å²) in [6.07, 6.45) is 15.3. The summed E-state index contributed by atoms with van der Waals surface area (Å²) in [6.45, 7) is 3.73. The monoisotopic (exact) mass is 422 g/mol. The fourth-order valence-corrected chi connectivity index (χ4v) is 5.60. The maximum Gasteiger partial charge on any atom is 0.225 e. The number of piperidine rings is 1. The first-order chi connectivity index (χ1) is 15.3. The molecule has 2 aromatic rings. The number of hydrogen-bond acceptors (Lipinski definition) is 5. The van der Waals surface area contributed by atoms with E-state index in [1.807, 2.05) is 18.5 Å². The van der Waals surface area contributed by atoms with Crippen LogP contribution in [0.4, 0.5) is 5.95 Å². The van der Waals surface area contributed by atoms with Crippen molar-refractivity contribution in [3.8, 4) is 11.3 Å². The average molecular weight is 423 g/mol. The highest BCUT2D eigenvalue weighted by Crippen LogP contribution is 2.34. The molecular formula is C24H34N6O. The Morgan fingerprint density at radius 3 is 2.74 bits per heavy atom. The van der Waals surface area contributed by atoms with Gasteiger partial charge < -0.3 is 9.80 Å². The Bertz CT molecular complexity index is 884. The van der Waals surface area contributed by atoms with Crippen molar-refractivity contribution in [2.75, 3.05) is 31.1 Å². The molecule has 3 aliphatic rings. The molecule has 0 bridgehead atoms. The highest BCUT2D eigenvalue weighted by atomic mass is 16.2. The van der Waals surface area contributed by atoms with Crippen LogP contribution in [0.2, 0.25) is 0 Å². The normalized spacial score (nSPS) is 22.4. The standard InChI is InChI=1S/C24H34N6O/c31-22(10-9-18-6-1-2-7-18)30-15-5-8-19(17-30)23-20(16-26-28-23)21-11-12-25-24(27-21)29-13-3-4-14-29/h11-12,16,18-19H,1-10,13-15,17H2,(H,26,28)/t19-/m0/s1. The fourth-order valence-electron chi connectivity index (χ4n) is 5.60. The third-order valence-corrected chi connectivity index (χ3v) is 7.40. The molecule has 2 saturated heterocycles. The molecule has 0 aromatic carbocycles. The summed E-state index contributed by atoms with van der Waals surface area (Å²) in [4.78, 5) is 26.6. The van der Waals surface area contributed by atoms with E-state index in [9.17, 15) is 4.79 Å². The smallest absolute Gasteiger partial charge is 0.225 e. The van der Waals surface area contributed by atoms with Crippen molar-refractivity contribution in [2.24, 2.45) is 5.92 Å². The zero-order valence-electron chi connectivity index (χ0n) is 18.4. The minimum Gasteiger partial charge on any atom is -0.342 e. The van der Waals surface area contributed by atoms with E-state index in [2.05, 4.69) is 25.0 Å². The number of amides is 1. The minimum atomic E-state index is 0.284. The molecule has 7 nitrogen and oxygen atoms in total. The summed E-state index contributed by atoms with van der Waals surface area (Å²) < 4.78 is 0. The van der Waals surface area contributed by atoms with Crippen molar-refractivity contribution in [3.05, 3.63) is 24.2 Å². The largest absolute Gasteiger partial charge is 0.342 e. The van der Waals surface area contributed by atoms with E-state index in [0.717, 1.165) is 74.3 Å². The van der Waals surface area contributed by atoms with Gasteiger partial charge in [0.15, 0.2) is 0 Å². The molecule has 1 amide bonds. The Labute approximate surface area is 184 Å². The number of aromatic nitrogens is 4. The summed E-state index contributed by atoms with van der Waals surface area (Å²) in [6, 6.07) is 1.97. The van der Waals surface area contributed by atoms with E-state index < -0.39 is 0 Å². The molecular weight excluding hydrogens is 388 g/mol. The second kappa shape index (κ2) is 9.37. The topological polar surface area (TPSA) is 78.0 Å². The Morgan fingerprint density at radius 2 is 1.90 bits per heavy atom. The lowest BCUT2D eigenvalue weighted by atomic mass is 9.91. The maximum atomic E-state index is 12.9. The van der Waals surface area contributed by atoms with Crippen molar-refractivity contribution >= 4 is 11.9 Å². The summed E-state index contributed by atoms with van der Waals surface area (Å²) >= 11 is 0. The number of rotatable bonds is 6. The molecule has 0 unspecified atom stereocenters. The highest BCUT2D eigenvalue weighted by molar-refractivity contribution is 5.76. The van der Waals surface area contributed by atoms with Crippen LogP contribution in [-0.2, 0) is 4.79 Å². The third-order valence-electron chi connectivity index (χ3n) is 7.40. The van der Waals surface area contributed by atoms with Crippen LogP contribution in [-0.4, -0.2) is 57.2 Å². The number of hydrogen-bond donors (Lipinski definition) is 1. The number of likely N-dealkylation sites (tertiary alicyclic amines) is 1. The first kappa shape index (κ1) is 20.5. The third kappa shape index (κ3) is 4.60. The second-order valence-corrected chi connectivity index (χ2v) is 9.50. The SMILES string of the molecule is O=C(CCC1CCCC1)N1CCC[C@H](c2[nH]ncc2-c2ccnc(N3CCCC3)n2)C1. The summed E-state index contributed by atoms with van der Waals surface area (Å²) in [5.74, 6) is 2.20. The van der Waals surface area contributed by atoms with Gasteiger partial charge in [0.25, 0.3) is 0 Å². The molecule has 31 heavy (non-hydrogen) atoms. The van der Waals surface area contributed by atoms with Gasteiger partial charge in [0.1, 0.15) is 0 Å². The molecule has 0 radical (unpaired) electrons. The van der Waals surface area contributed by atoms with Gasteiger partial charge in [-0.2, -0.15) is 5.10 Å². The lowest BCUT2D eigenvalue weighted by molar-refractivity contribution is -0.132. The number of carbonyl (C=O) groups is 1. The zero-order valence-corrected chi connectivity index (χ0v) is 18.4. The lowest BCUT2D eigenvalue weighted by Gasteiger charge is -2.33. The predicted octanol–water partition coefficient (Wildman–Crippen LogP) is 4.14. The summed E-state index contributed by atoms with van der Waals surface area (Å²) in [7, 11) is 0. The summed E-state index contributed by atoms with van der Waals surface area (Å²) in [5, 5.41) is 7.59. The quantitative estimate of drug-likeness (QED) is 0.757. The van der Waals surface area contributed by atoms with Crippen molar-refractivity contribution in [1.82, 2.24) is 25.1 Å². The van der Waals surface area contributed by atoms with E-state index in [1.165, 1.54) is 38.5 Å². The maximum absolute atomic E-state index is 12.9. The Balaban J connectivity index is 1.27. The number of H-pyrrole nitrogens is 1. The molecule has 1 N–H and O–H groups in total. The van der Waals surface area contributed by atoms with Gasteiger partial charge >= 0.3 is 0 Å². The first-order valence-electron chi connectivity index (χ1n) is 12.2. The molecule has 166 valence electrons. The van der Waals surface area contributed by atoms with Crippen LogP contribution in [0.25, 0.3) is 11.3 Å².